The van der Waals surface area contributed by atoms with Crippen molar-refractivity contribution in [2.45, 2.75) is 51.4 Å². The summed E-state index contributed by atoms with van der Waals surface area (Å²) < 4.78 is 15.1. The number of β-amino-alcohol motifs (C(OH)–C–C–N with tert-alkyl or cyclic N) is 1. The van der Waals surface area contributed by atoms with Gasteiger partial charge >= 0.3 is 6.09 Å². The number of aliphatic hydroxyl groups excluding tert-OH is 1. The molecule has 2 atom stereocenters. The fraction of sp³-hybridized carbons (Fsp3) is 0.550. The molecule has 1 fully saturated rings. The van der Waals surface area contributed by atoms with E-state index in [1.807, 2.05) is 4.90 Å². The van der Waals surface area contributed by atoms with Crippen LogP contribution >= 0.6 is 0 Å². The molecule has 1 aliphatic rings. The van der Waals surface area contributed by atoms with Gasteiger partial charge < -0.3 is 14.8 Å². The molecule has 8 nitrogen and oxygen atoms in total. The number of aromatic nitrogens is 2. The largest absolute Gasteiger partial charge is 0.465 e. The quantitative estimate of drug-likeness (QED) is 0.803. The van der Waals surface area contributed by atoms with Crippen LogP contribution in [-0.2, 0) is 6.54 Å². The van der Waals surface area contributed by atoms with Gasteiger partial charge in [-0.05, 0) is 33.3 Å². The minimum Gasteiger partial charge on any atom is -0.465 e. The van der Waals surface area contributed by atoms with E-state index in [1.165, 1.54) is 21.6 Å². The van der Waals surface area contributed by atoms with Gasteiger partial charge in [-0.25, -0.2) is 9.18 Å². The molecular formula is C20H27FN4O4. The van der Waals surface area contributed by atoms with Crippen molar-refractivity contribution in [1.82, 2.24) is 19.4 Å². The number of rotatable bonds is 4. The van der Waals surface area contributed by atoms with E-state index >= 15 is 0 Å². The second-order valence-corrected chi connectivity index (χ2v) is 8.43. The van der Waals surface area contributed by atoms with Crippen molar-refractivity contribution in [1.29, 1.82) is 0 Å². The number of carboxylic acid groups (broad SMARTS) is 1. The van der Waals surface area contributed by atoms with E-state index in [1.54, 1.807) is 26.8 Å². The number of hydrogen-bond donors (Lipinski definition) is 2. The van der Waals surface area contributed by atoms with Crippen molar-refractivity contribution in [3.05, 3.63) is 40.6 Å². The van der Waals surface area contributed by atoms with Crippen LogP contribution in [0.4, 0.5) is 9.18 Å². The topological polar surface area (TPSA) is 98.9 Å². The predicted octanol–water partition coefficient (Wildman–Crippen LogP) is 1.75. The number of amides is 1. The second-order valence-electron chi connectivity index (χ2n) is 8.43. The average molecular weight is 406 g/mol. The standard InChI is InChI=1S/C20H27FN4O4/c1-20(2,3)25(19(28)29)15-6-7-23(12-17(15)26)8-9-24-16-10-13(21)11-22-14(16)4-5-18(24)27/h4-5,10-11,15,17,26H,6-9,12H2,1-3H3,(H,28,29)/t15-,17-/m0/s1. The predicted molar refractivity (Wildman–Crippen MR) is 106 cm³/mol. The molecule has 158 valence electrons. The van der Waals surface area contributed by atoms with Gasteiger partial charge in [-0.1, -0.05) is 0 Å². The van der Waals surface area contributed by atoms with Gasteiger partial charge in [0.1, 0.15) is 5.82 Å². The summed E-state index contributed by atoms with van der Waals surface area (Å²) in [4.78, 5) is 31.3. The summed E-state index contributed by atoms with van der Waals surface area (Å²) in [6, 6.07) is 3.78. The summed E-state index contributed by atoms with van der Waals surface area (Å²) in [6.45, 7) is 7.10. The van der Waals surface area contributed by atoms with Gasteiger partial charge in [0.15, 0.2) is 0 Å². The monoisotopic (exact) mass is 406 g/mol. The van der Waals surface area contributed by atoms with E-state index in [0.29, 0.717) is 43.6 Å². The summed E-state index contributed by atoms with van der Waals surface area (Å²) in [5.41, 5.74) is 0.0994. The van der Waals surface area contributed by atoms with E-state index in [9.17, 15) is 24.2 Å². The van der Waals surface area contributed by atoms with Gasteiger partial charge in [0.2, 0.25) is 0 Å². The van der Waals surface area contributed by atoms with Crippen molar-refractivity contribution in [2.24, 2.45) is 0 Å². The van der Waals surface area contributed by atoms with Gasteiger partial charge in [-0.2, -0.15) is 0 Å². The number of piperidine rings is 1. The lowest BCUT2D eigenvalue weighted by atomic mass is 9.95. The zero-order valence-electron chi connectivity index (χ0n) is 16.9. The van der Waals surface area contributed by atoms with E-state index in [4.69, 9.17) is 0 Å². The number of hydrogen-bond acceptors (Lipinski definition) is 5. The minimum atomic E-state index is -1.05. The zero-order valence-corrected chi connectivity index (χ0v) is 16.9. The molecule has 0 radical (unpaired) electrons. The number of pyridine rings is 2. The smallest absolute Gasteiger partial charge is 0.408 e. The Morgan fingerprint density at radius 1 is 1.34 bits per heavy atom. The van der Waals surface area contributed by atoms with Crippen molar-refractivity contribution >= 4 is 17.1 Å². The molecule has 1 saturated heterocycles. The first-order valence-corrected chi connectivity index (χ1v) is 9.65. The van der Waals surface area contributed by atoms with E-state index in [-0.39, 0.29) is 5.56 Å². The molecule has 2 aromatic rings. The van der Waals surface area contributed by atoms with Crippen LogP contribution in [0.3, 0.4) is 0 Å². The Kier molecular flexibility index (Phi) is 5.90. The number of halogens is 1. The van der Waals surface area contributed by atoms with Gasteiger partial charge in [0.05, 0.1) is 29.4 Å². The molecule has 3 heterocycles. The normalized spacial score (nSPS) is 20.7. The van der Waals surface area contributed by atoms with E-state index < -0.39 is 29.6 Å². The highest BCUT2D eigenvalue weighted by Crippen LogP contribution is 2.25. The third-order valence-corrected chi connectivity index (χ3v) is 5.34. The Labute approximate surface area is 168 Å². The maximum absolute atomic E-state index is 13.6. The van der Waals surface area contributed by atoms with Crippen LogP contribution in [0.5, 0.6) is 0 Å². The molecule has 0 bridgehead atoms. The fourth-order valence-corrected chi connectivity index (χ4v) is 4.03. The molecule has 29 heavy (non-hydrogen) atoms. The Morgan fingerprint density at radius 3 is 2.69 bits per heavy atom. The lowest BCUT2D eigenvalue weighted by Gasteiger charge is -2.45. The number of nitrogens with zero attached hydrogens (tertiary/aromatic N) is 4. The average Bonchev–Trinajstić information content (AvgIpc) is 2.61. The van der Waals surface area contributed by atoms with Gasteiger partial charge in [0, 0.05) is 43.9 Å². The third-order valence-electron chi connectivity index (χ3n) is 5.34. The maximum Gasteiger partial charge on any atom is 0.408 e. The van der Waals surface area contributed by atoms with Gasteiger partial charge in [-0.15, -0.1) is 0 Å². The molecule has 0 unspecified atom stereocenters. The van der Waals surface area contributed by atoms with Crippen LogP contribution in [0, 0.1) is 5.82 Å². The molecule has 0 saturated carbocycles. The van der Waals surface area contributed by atoms with Crippen LogP contribution in [0.25, 0.3) is 11.0 Å². The molecular weight excluding hydrogens is 379 g/mol. The number of aliphatic hydroxyl groups is 1. The van der Waals surface area contributed by atoms with E-state index in [0.717, 1.165) is 6.20 Å². The Balaban J connectivity index is 1.71. The lowest BCUT2D eigenvalue weighted by molar-refractivity contribution is -0.0354. The molecule has 0 spiro atoms. The van der Waals surface area contributed by atoms with Crippen molar-refractivity contribution < 1.29 is 19.4 Å². The molecule has 1 aliphatic heterocycles. The molecule has 9 heteroatoms. The molecule has 1 amide bonds. The summed E-state index contributed by atoms with van der Waals surface area (Å²) in [5, 5.41) is 20.2. The van der Waals surface area contributed by atoms with Crippen molar-refractivity contribution in [2.75, 3.05) is 19.6 Å². The van der Waals surface area contributed by atoms with Crippen LogP contribution in [-0.4, -0.2) is 73.0 Å². The van der Waals surface area contributed by atoms with Gasteiger partial charge in [-0.3, -0.25) is 19.6 Å². The summed E-state index contributed by atoms with van der Waals surface area (Å²) >= 11 is 0. The lowest BCUT2D eigenvalue weighted by Crippen LogP contribution is -2.60. The highest BCUT2D eigenvalue weighted by atomic mass is 19.1. The molecule has 0 aliphatic carbocycles. The summed E-state index contributed by atoms with van der Waals surface area (Å²) in [7, 11) is 0. The van der Waals surface area contributed by atoms with Crippen LogP contribution in [0.2, 0.25) is 0 Å². The first kappa shape index (κ1) is 21.2. The van der Waals surface area contributed by atoms with Crippen LogP contribution < -0.4 is 5.56 Å². The highest BCUT2D eigenvalue weighted by molar-refractivity contribution is 5.74. The van der Waals surface area contributed by atoms with Crippen molar-refractivity contribution in [3.63, 3.8) is 0 Å². The van der Waals surface area contributed by atoms with Crippen LogP contribution in [0.1, 0.15) is 27.2 Å². The Bertz CT molecular complexity index is 956. The zero-order chi connectivity index (χ0) is 21.3. The Hall–Kier alpha value is -2.52. The summed E-state index contributed by atoms with van der Waals surface area (Å²) in [6.07, 6.45) is -0.276. The molecule has 2 aromatic heterocycles. The third kappa shape index (κ3) is 4.56. The molecule has 0 aromatic carbocycles. The Morgan fingerprint density at radius 2 is 2.07 bits per heavy atom. The second kappa shape index (κ2) is 8.08. The SMILES string of the molecule is CC(C)(C)N(C(=O)O)[C@H]1CCN(CCn2c(=O)ccc3ncc(F)cc32)C[C@@H]1O. The molecule has 2 N–H and O–H groups in total. The molecule has 3 rings (SSSR count). The first-order chi connectivity index (χ1) is 13.6. The highest BCUT2D eigenvalue weighted by Gasteiger charge is 2.39. The van der Waals surface area contributed by atoms with Crippen LogP contribution in [0.15, 0.2) is 29.2 Å². The number of fused-ring (bicyclic) bond motifs is 1. The summed E-state index contributed by atoms with van der Waals surface area (Å²) in [5.74, 6) is -0.510. The van der Waals surface area contributed by atoms with E-state index in [2.05, 4.69) is 4.98 Å². The number of carbonyl (C=O) groups is 1. The first-order valence-electron chi connectivity index (χ1n) is 9.65. The van der Waals surface area contributed by atoms with Gasteiger partial charge in [0.25, 0.3) is 5.56 Å². The maximum atomic E-state index is 13.6. The fourth-order valence-electron chi connectivity index (χ4n) is 4.03. The van der Waals surface area contributed by atoms with Crippen molar-refractivity contribution in [3.8, 4) is 0 Å². The number of likely N-dealkylation sites (tertiary alicyclic amines) is 1. The minimum absolute atomic E-state index is 0.245.